The Labute approximate surface area is 96.5 Å². The first-order chi connectivity index (χ1) is 7.70. The van der Waals surface area contributed by atoms with Crippen molar-refractivity contribution in [1.82, 2.24) is 10.2 Å². The van der Waals surface area contributed by atoms with Gasteiger partial charge in [-0.1, -0.05) is 18.2 Å². The van der Waals surface area contributed by atoms with Crippen LogP contribution in [0, 0.1) is 6.92 Å². The van der Waals surface area contributed by atoms with Gasteiger partial charge >= 0.3 is 0 Å². The Balaban J connectivity index is 2.09. The summed E-state index contributed by atoms with van der Waals surface area (Å²) in [6.07, 6.45) is 1.05. The van der Waals surface area contributed by atoms with Gasteiger partial charge in [-0.15, -0.1) is 0 Å². The van der Waals surface area contributed by atoms with Gasteiger partial charge in [0.2, 0.25) is 5.91 Å². The van der Waals surface area contributed by atoms with Crippen LogP contribution in [-0.2, 0) is 17.8 Å². The molecule has 16 heavy (non-hydrogen) atoms. The number of aryl methyl sites for hydroxylation is 1. The highest BCUT2D eigenvalue weighted by atomic mass is 16.1. The van der Waals surface area contributed by atoms with Crippen molar-refractivity contribution >= 4 is 5.91 Å². The lowest BCUT2D eigenvalue weighted by atomic mass is 9.95. The number of amides is 1. The van der Waals surface area contributed by atoms with Crippen LogP contribution in [-0.4, -0.2) is 30.9 Å². The van der Waals surface area contributed by atoms with E-state index in [2.05, 4.69) is 35.3 Å². The van der Waals surface area contributed by atoms with Crippen molar-refractivity contribution in [3.8, 4) is 0 Å². The van der Waals surface area contributed by atoms with E-state index < -0.39 is 0 Å². The minimum atomic E-state index is 0.0936. The summed E-state index contributed by atoms with van der Waals surface area (Å²) in [7, 11) is 1.68. The van der Waals surface area contributed by atoms with Crippen molar-refractivity contribution < 1.29 is 4.79 Å². The number of carbonyl (C=O) groups is 1. The Bertz CT molecular complexity index is 401. The van der Waals surface area contributed by atoms with E-state index in [0.29, 0.717) is 6.54 Å². The Morgan fingerprint density at radius 2 is 2.31 bits per heavy atom. The number of rotatable bonds is 2. The summed E-state index contributed by atoms with van der Waals surface area (Å²) in [5.41, 5.74) is 4.21. The summed E-state index contributed by atoms with van der Waals surface area (Å²) >= 11 is 0. The summed E-state index contributed by atoms with van der Waals surface area (Å²) in [5, 5.41) is 2.67. The molecule has 1 heterocycles. The van der Waals surface area contributed by atoms with Crippen LogP contribution in [0.25, 0.3) is 0 Å². The van der Waals surface area contributed by atoms with E-state index in [4.69, 9.17) is 0 Å². The highest BCUT2D eigenvalue weighted by Gasteiger charge is 2.18. The Kier molecular flexibility index (Phi) is 3.25. The van der Waals surface area contributed by atoms with Crippen molar-refractivity contribution in [3.05, 3.63) is 34.9 Å². The summed E-state index contributed by atoms with van der Waals surface area (Å²) in [6.45, 7) is 4.53. The zero-order valence-corrected chi connectivity index (χ0v) is 9.92. The van der Waals surface area contributed by atoms with Crippen LogP contribution < -0.4 is 5.32 Å². The quantitative estimate of drug-likeness (QED) is 0.806. The lowest BCUT2D eigenvalue weighted by Gasteiger charge is -2.28. The maximum Gasteiger partial charge on any atom is 0.233 e. The van der Waals surface area contributed by atoms with Gasteiger partial charge in [0.1, 0.15) is 0 Å². The van der Waals surface area contributed by atoms with E-state index in [0.717, 1.165) is 19.5 Å². The molecule has 86 valence electrons. The SMILES string of the molecule is CNC(=O)CN1CCc2c(C)cccc2C1. The minimum absolute atomic E-state index is 0.0936. The summed E-state index contributed by atoms with van der Waals surface area (Å²) in [6, 6.07) is 6.42. The number of nitrogens with one attached hydrogen (secondary N) is 1. The van der Waals surface area contributed by atoms with Crippen LogP contribution in [0.5, 0.6) is 0 Å². The number of hydrogen-bond donors (Lipinski definition) is 1. The topological polar surface area (TPSA) is 32.3 Å². The molecular formula is C13H18N2O. The van der Waals surface area contributed by atoms with Gasteiger partial charge in [-0.05, 0) is 30.0 Å². The molecule has 3 heteroatoms. The predicted octanol–water partition coefficient (Wildman–Crippen LogP) is 1.10. The number of likely N-dealkylation sites (N-methyl/N-ethyl adjacent to an activating group) is 1. The molecule has 0 bridgehead atoms. The molecule has 1 N–H and O–H groups in total. The second kappa shape index (κ2) is 4.66. The van der Waals surface area contributed by atoms with E-state index in [9.17, 15) is 4.79 Å². The molecule has 0 spiro atoms. The number of carbonyl (C=O) groups excluding carboxylic acids is 1. The van der Waals surface area contributed by atoms with Crippen LogP contribution in [0.3, 0.4) is 0 Å². The third-order valence-corrected chi connectivity index (χ3v) is 3.23. The predicted molar refractivity (Wildman–Crippen MR) is 64.2 cm³/mol. The highest BCUT2D eigenvalue weighted by Crippen LogP contribution is 2.21. The molecule has 0 atom stereocenters. The molecule has 1 aliphatic heterocycles. The van der Waals surface area contributed by atoms with E-state index in [-0.39, 0.29) is 5.91 Å². The zero-order chi connectivity index (χ0) is 11.5. The van der Waals surface area contributed by atoms with Crippen molar-refractivity contribution in [2.24, 2.45) is 0 Å². The summed E-state index contributed by atoms with van der Waals surface area (Å²) < 4.78 is 0. The molecule has 0 saturated carbocycles. The molecule has 0 aromatic heterocycles. The molecule has 0 radical (unpaired) electrons. The Morgan fingerprint density at radius 1 is 1.50 bits per heavy atom. The standard InChI is InChI=1S/C13H18N2O/c1-10-4-3-5-11-8-15(7-6-12(10)11)9-13(16)14-2/h3-5H,6-9H2,1-2H3,(H,14,16). The van der Waals surface area contributed by atoms with Crippen LogP contribution >= 0.6 is 0 Å². The molecule has 0 saturated heterocycles. The maximum absolute atomic E-state index is 11.3. The molecule has 0 aliphatic carbocycles. The van der Waals surface area contributed by atoms with E-state index in [1.165, 1.54) is 16.7 Å². The maximum atomic E-state index is 11.3. The molecule has 1 aromatic rings. The van der Waals surface area contributed by atoms with E-state index in [1.54, 1.807) is 7.05 Å². The van der Waals surface area contributed by atoms with Crippen molar-refractivity contribution in [3.63, 3.8) is 0 Å². The average molecular weight is 218 g/mol. The molecule has 0 unspecified atom stereocenters. The molecule has 1 aromatic carbocycles. The van der Waals surface area contributed by atoms with Gasteiger partial charge in [0.05, 0.1) is 6.54 Å². The van der Waals surface area contributed by atoms with Crippen LogP contribution in [0.2, 0.25) is 0 Å². The molecule has 2 rings (SSSR count). The average Bonchev–Trinajstić information content (AvgIpc) is 2.29. The van der Waals surface area contributed by atoms with Crippen LogP contribution in [0.15, 0.2) is 18.2 Å². The number of benzene rings is 1. The van der Waals surface area contributed by atoms with Gasteiger partial charge in [0, 0.05) is 20.1 Å². The fourth-order valence-electron chi connectivity index (χ4n) is 2.28. The largest absolute Gasteiger partial charge is 0.358 e. The molecule has 1 aliphatic rings. The Hall–Kier alpha value is -1.35. The lowest BCUT2D eigenvalue weighted by molar-refractivity contribution is -0.121. The van der Waals surface area contributed by atoms with Gasteiger partial charge in [-0.2, -0.15) is 0 Å². The van der Waals surface area contributed by atoms with Crippen LogP contribution in [0.4, 0.5) is 0 Å². The van der Waals surface area contributed by atoms with Gasteiger partial charge in [-0.3, -0.25) is 9.69 Å². The first kappa shape index (κ1) is 11.1. The second-order valence-electron chi connectivity index (χ2n) is 4.35. The number of hydrogen-bond acceptors (Lipinski definition) is 2. The number of nitrogens with zero attached hydrogens (tertiary/aromatic N) is 1. The van der Waals surface area contributed by atoms with Crippen molar-refractivity contribution in [2.75, 3.05) is 20.1 Å². The third-order valence-electron chi connectivity index (χ3n) is 3.23. The van der Waals surface area contributed by atoms with Gasteiger partial charge in [-0.25, -0.2) is 0 Å². The normalized spacial score (nSPS) is 15.6. The minimum Gasteiger partial charge on any atom is -0.358 e. The van der Waals surface area contributed by atoms with Gasteiger partial charge < -0.3 is 5.32 Å². The third kappa shape index (κ3) is 2.25. The first-order valence-electron chi connectivity index (χ1n) is 5.71. The van der Waals surface area contributed by atoms with E-state index >= 15 is 0 Å². The molecule has 1 amide bonds. The van der Waals surface area contributed by atoms with Crippen LogP contribution in [0.1, 0.15) is 16.7 Å². The zero-order valence-electron chi connectivity index (χ0n) is 9.92. The highest BCUT2D eigenvalue weighted by molar-refractivity contribution is 5.77. The summed E-state index contributed by atoms with van der Waals surface area (Å²) in [4.78, 5) is 13.5. The first-order valence-corrected chi connectivity index (χ1v) is 5.71. The Morgan fingerprint density at radius 3 is 3.06 bits per heavy atom. The van der Waals surface area contributed by atoms with Gasteiger partial charge in [0.15, 0.2) is 0 Å². The molecular weight excluding hydrogens is 200 g/mol. The summed E-state index contributed by atoms with van der Waals surface area (Å²) in [5.74, 6) is 0.0936. The smallest absolute Gasteiger partial charge is 0.233 e. The fraction of sp³-hybridized carbons (Fsp3) is 0.462. The lowest BCUT2D eigenvalue weighted by Crippen LogP contribution is -2.38. The molecule has 0 fully saturated rings. The van der Waals surface area contributed by atoms with Gasteiger partial charge in [0.25, 0.3) is 0 Å². The van der Waals surface area contributed by atoms with Crippen molar-refractivity contribution in [1.29, 1.82) is 0 Å². The monoisotopic (exact) mass is 218 g/mol. The second-order valence-corrected chi connectivity index (χ2v) is 4.35. The number of fused-ring (bicyclic) bond motifs is 1. The fourth-order valence-corrected chi connectivity index (χ4v) is 2.28. The van der Waals surface area contributed by atoms with E-state index in [1.807, 2.05) is 0 Å². The van der Waals surface area contributed by atoms with Crippen molar-refractivity contribution in [2.45, 2.75) is 19.9 Å². The molecule has 3 nitrogen and oxygen atoms in total.